The molecule has 1 atom stereocenters. The van der Waals surface area contributed by atoms with Gasteiger partial charge in [-0.05, 0) is 30.2 Å². The molecule has 0 saturated carbocycles. The van der Waals surface area contributed by atoms with E-state index in [0.29, 0.717) is 0 Å². The van der Waals surface area contributed by atoms with Crippen molar-refractivity contribution < 1.29 is 4.74 Å². The fourth-order valence-corrected chi connectivity index (χ4v) is 2.46. The van der Waals surface area contributed by atoms with Crippen LogP contribution in [0, 0.1) is 6.92 Å². The van der Waals surface area contributed by atoms with Crippen LogP contribution in [0.5, 0.6) is 5.75 Å². The average Bonchev–Trinajstić information content (AvgIpc) is 3.03. The van der Waals surface area contributed by atoms with Gasteiger partial charge in [-0.25, -0.2) is 4.98 Å². The fourth-order valence-electron chi connectivity index (χ4n) is 2.46. The summed E-state index contributed by atoms with van der Waals surface area (Å²) in [7, 11) is 1.67. The van der Waals surface area contributed by atoms with E-state index >= 15 is 0 Å². The second-order valence-corrected chi connectivity index (χ2v) is 5.35. The van der Waals surface area contributed by atoms with Crippen molar-refractivity contribution in [3.05, 3.63) is 77.4 Å². The van der Waals surface area contributed by atoms with Crippen LogP contribution in [0.2, 0.25) is 0 Å². The summed E-state index contributed by atoms with van der Waals surface area (Å²) in [6.45, 7) is 2.62. The van der Waals surface area contributed by atoms with Gasteiger partial charge in [0.25, 0.3) is 0 Å². The minimum absolute atomic E-state index is 0.0525. The Labute approximate surface area is 135 Å². The normalized spacial score (nSPS) is 12.1. The molecule has 1 aromatic heterocycles. The molecule has 0 aliphatic carbocycles. The number of methoxy groups -OCH3 is 1. The minimum atomic E-state index is -0.0525. The molecule has 2 aromatic carbocycles. The number of hydrogen-bond acceptors (Lipinski definition) is 4. The van der Waals surface area contributed by atoms with Gasteiger partial charge in [0, 0.05) is 6.54 Å². The molecule has 2 N–H and O–H groups in total. The third-order valence-electron chi connectivity index (χ3n) is 3.67. The Bertz CT molecular complexity index is 737. The SMILES string of the molecule is COc1ccc(CN[C@@H](c2ccccc2)c2n[nH]c(C)n2)cc1. The van der Waals surface area contributed by atoms with Crippen molar-refractivity contribution in [2.24, 2.45) is 0 Å². The maximum atomic E-state index is 5.19. The van der Waals surface area contributed by atoms with Gasteiger partial charge in [-0.15, -0.1) is 0 Å². The molecule has 1 heterocycles. The van der Waals surface area contributed by atoms with Gasteiger partial charge in [-0.1, -0.05) is 42.5 Å². The van der Waals surface area contributed by atoms with E-state index in [1.54, 1.807) is 7.11 Å². The standard InChI is InChI=1S/C18H20N4O/c1-13-20-18(22-21-13)17(15-6-4-3-5-7-15)19-12-14-8-10-16(23-2)11-9-14/h3-11,17,19H,12H2,1-2H3,(H,20,21,22)/t17-/m0/s1. The fraction of sp³-hybridized carbons (Fsp3) is 0.222. The molecule has 0 saturated heterocycles. The highest BCUT2D eigenvalue weighted by Crippen LogP contribution is 2.20. The Morgan fingerprint density at radius 1 is 1.09 bits per heavy atom. The second kappa shape index (κ2) is 7.07. The van der Waals surface area contributed by atoms with E-state index in [1.165, 1.54) is 5.56 Å². The molecule has 3 aromatic rings. The van der Waals surface area contributed by atoms with E-state index in [4.69, 9.17) is 4.74 Å². The number of nitrogens with zero attached hydrogens (tertiary/aromatic N) is 2. The maximum absolute atomic E-state index is 5.19. The summed E-state index contributed by atoms with van der Waals surface area (Å²) in [5.74, 6) is 2.42. The highest BCUT2D eigenvalue weighted by molar-refractivity contribution is 5.28. The number of benzene rings is 2. The van der Waals surface area contributed by atoms with Crippen LogP contribution >= 0.6 is 0 Å². The molecule has 0 fully saturated rings. The number of aromatic nitrogens is 3. The predicted octanol–water partition coefficient (Wildman–Crippen LogP) is 3.00. The molecule has 23 heavy (non-hydrogen) atoms. The Kier molecular flexibility index (Phi) is 4.68. The van der Waals surface area contributed by atoms with Crippen molar-refractivity contribution in [3.8, 4) is 5.75 Å². The molecular formula is C18H20N4O. The summed E-state index contributed by atoms with van der Waals surface area (Å²) in [4.78, 5) is 4.48. The summed E-state index contributed by atoms with van der Waals surface area (Å²) in [6.07, 6.45) is 0. The summed E-state index contributed by atoms with van der Waals surface area (Å²) in [6, 6.07) is 18.2. The van der Waals surface area contributed by atoms with Crippen molar-refractivity contribution in [1.29, 1.82) is 0 Å². The first-order valence-electron chi connectivity index (χ1n) is 7.56. The van der Waals surface area contributed by atoms with Crippen molar-refractivity contribution in [2.45, 2.75) is 19.5 Å². The molecule has 5 nitrogen and oxygen atoms in total. The van der Waals surface area contributed by atoms with Gasteiger partial charge in [0.05, 0.1) is 13.2 Å². The van der Waals surface area contributed by atoms with E-state index in [-0.39, 0.29) is 6.04 Å². The van der Waals surface area contributed by atoms with Gasteiger partial charge in [-0.3, -0.25) is 10.4 Å². The zero-order chi connectivity index (χ0) is 16.1. The molecule has 3 rings (SSSR count). The lowest BCUT2D eigenvalue weighted by Crippen LogP contribution is -2.23. The molecule has 0 spiro atoms. The number of hydrogen-bond donors (Lipinski definition) is 2. The largest absolute Gasteiger partial charge is 0.497 e. The quantitative estimate of drug-likeness (QED) is 0.735. The molecule has 0 amide bonds. The highest BCUT2D eigenvalue weighted by Gasteiger charge is 2.17. The van der Waals surface area contributed by atoms with E-state index in [2.05, 4.69) is 44.8 Å². The number of aryl methyl sites for hydroxylation is 1. The van der Waals surface area contributed by atoms with Gasteiger partial charge in [0.1, 0.15) is 11.6 Å². The van der Waals surface area contributed by atoms with Crippen LogP contribution in [0.25, 0.3) is 0 Å². The summed E-state index contributed by atoms with van der Waals surface area (Å²) in [5.41, 5.74) is 2.32. The van der Waals surface area contributed by atoms with Crippen LogP contribution in [0.4, 0.5) is 0 Å². The number of aromatic amines is 1. The topological polar surface area (TPSA) is 62.8 Å². The van der Waals surface area contributed by atoms with Gasteiger partial charge in [0.15, 0.2) is 5.82 Å². The molecule has 5 heteroatoms. The molecular weight excluding hydrogens is 288 g/mol. The lowest BCUT2D eigenvalue weighted by Gasteiger charge is -2.16. The van der Waals surface area contributed by atoms with Gasteiger partial charge in [0.2, 0.25) is 0 Å². The van der Waals surface area contributed by atoms with Crippen LogP contribution in [0.1, 0.15) is 28.8 Å². The van der Waals surface area contributed by atoms with E-state index < -0.39 is 0 Å². The predicted molar refractivity (Wildman–Crippen MR) is 89.2 cm³/mol. The average molecular weight is 308 g/mol. The van der Waals surface area contributed by atoms with E-state index in [1.807, 2.05) is 37.3 Å². The van der Waals surface area contributed by atoms with Gasteiger partial charge in [-0.2, -0.15) is 5.10 Å². The molecule has 0 aliphatic rings. The minimum Gasteiger partial charge on any atom is -0.497 e. The van der Waals surface area contributed by atoms with Crippen LogP contribution in [0.15, 0.2) is 54.6 Å². The van der Waals surface area contributed by atoms with Gasteiger partial charge >= 0.3 is 0 Å². The molecule has 118 valence electrons. The van der Waals surface area contributed by atoms with Crippen molar-refractivity contribution >= 4 is 0 Å². The second-order valence-electron chi connectivity index (χ2n) is 5.35. The van der Waals surface area contributed by atoms with Crippen LogP contribution in [-0.4, -0.2) is 22.3 Å². The Balaban J connectivity index is 1.78. The van der Waals surface area contributed by atoms with E-state index in [0.717, 1.165) is 29.5 Å². The lowest BCUT2D eigenvalue weighted by molar-refractivity contribution is 0.414. The number of rotatable bonds is 6. The van der Waals surface area contributed by atoms with Crippen molar-refractivity contribution in [1.82, 2.24) is 20.5 Å². The summed E-state index contributed by atoms with van der Waals surface area (Å²) < 4.78 is 5.19. The highest BCUT2D eigenvalue weighted by atomic mass is 16.5. The molecule has 0 radical (unpaired) electrons. The van der Waals surface area contributed by atoms with Crippen LogP contribution in [0.3, 0.4) is 0 Å². The third-order valence-corrected chi connectivity index (χ3v) is 3.67. The molecule has 0 unspecified atom stereocenters. The number of ether oxygens (including phenoxy) is 1. The Morgan fingerprint density at radius 3 is 2.43 bits per heavy atom. The lowest BCUT2D eigenvalue weighted by atomic mass is 10.1. The first-order valence-corrected chi connectivity index (χ1v) is 7.56. The number of nitrogens with one attached hydrogen (secondary N) is 2. The van der Waals surface area contributed by atoms with Crippen LogP contribution < -0.4 is 10.1 Å². The first kappa shape index (κ1) is 15.2. The zero-order valence-corrected chi connectivity index (χ0v) is 13.3. The Morgan fingerprint density at radius 2 is 1.83 bits per heavy atom. The van der Waals surface area contributed by atoms with Crippen LogP contribution in [-0.2, 0) is 6.54 Å². The summed E-state index contributed by atoms with van der Waals surface area (Å²) in [5, 5.41) is 10.8. The molecule has 0 aliphatic heterocycles. The first-order chi connectivity index (χ1) is 11.3. The summed E-state index contributed by atoms with van der Waals surface area (Å²) >= 11 is 0. The van der Waals surface area contributed by atoms with Crippen molar-refractivity contribution in [3.63, 3.8) is 0 Å². The van der Waals surface area contributed by atoms with Crippen molar-refractivity contribution in [2.75, 3.05) is 7.11 Å². The third kappa shape index (κ3) is 3.76. The smallest absolute Gasteiger partial charge is 0.172 e. The Hall–Kier alpha value is -2.66. The maximum Gasteiger partial charge on any atom is 0.172 e. The van der Waals surface area contributed by atoms with E-state index in [9.17, 15) is 0 Å². The molecule has 0 bridgehead atoms. The monoisotopic (exact) mass is 308 g/mol. The number of H-pyrrole nitrogens is 1. The zero-order valence-electron chi connectivity index (χ0n) is 13.3. The van der Waals surface area contributed by atoms with Gasteiger partial charge < -0.3 is 4.74 Å².